The van der Waals surface area contributed by atoms with Gasteiger partial charge in [-0.15, -0.1) is 0 Å². The highest BCUT2D eigenvalue weighted by atomic mass is 32.2. The van der Waals surface area contributed by atoms with Crippen LogP contribution in [0.15, 0.2) is 68.8 Å². The van der Waals surface area contributed by atoms with E-state index in [1.165, 1.54) is 26.1 Å². The molecule has 3 rings (SSSR count). The lowest BCUT2D eigenvalue weighted by Gasteiger charge is -2.15. The molecular weight excluding hydrogens is 486 g/mol. The summed E-state index contributed by atoms with van der Waals surface area (Å²) in [5, 5.41) is -0.253. The van der Waals surface area contributed by atoms with Crippen molar-refractivity contribution >= 4 is 45.6 Å². The lowest BCUT2D eigenvalue weighted by Crippen LogP contribution is -2.44. The summed E-state index contributed by atoms with van der Waals surface area (Å²) >= 11 is 0.822. The number of amidine groups is 1. The first-order valence-electron chi connectivity index (χ1n) is 10.9. The quantitative estimate of drug-likeness (QED) is 0.117. The number of amides is 1. The Morgan fingerprint density at radius 3 is 2.50 bits per heavy atom. The van der Waals surface area contributed by atoms with Gasteiger partial charge >= 0.3 is 11.6 Å². The maximum absolute atomic E-state index is 12.3. The van der Waals surface area contributed by atoms with Gasteiger partial charge in [0.15, 0.2) is 22.8 Å². The van der Waals surface area contributed by atoms with Crippen molar-refractivity contribution in [1.82, 2.24) is 10.9 Å². The molecule has 1 amide bonds. The van der Waals surface area contributed by atoms with E-state index in [9.17, 15) is 19.2 Å². The number of nitrogens with one attached hydrogen (secondary N) is 2. The van der Waals surface area contributed by atoms with Crippen LogP contribution in [-0.2, 0) is 19.1 Å². The number of carbonyl (C=O) groups is 3. The molecule has 0 aliphatic rings. The second kappa shape index (κ2) is 12.5. The summed E-state index contributed by atoms with van der Waals surface area (Å²) in [5.41, 5.74) is 6.38. The summed E-state index contributed by atoms with van der Waals surface area (Å²) in [7, 11) is 1.44. The molecule has 0 aliphatic heterocycles. The van der Waals surface area contributed by atoms with Crippen LogP contribution in [0.2, 0.25) is 0 Å². The molecule has 0 saturated carbocycles. The number of nitrogens with zero attached hydrogens (tertiary/aromatic N) is 1. The topological polar surface area (TPSA) is 136 Å². The Balaban J connectivity index is 1.62. The van der Waals surface area contributed by atoms with Gasteiger partial charge < -0.3 is 13.9 Å². The number of hydrazine groups is 1. The molecule has 0 bridgehead atoms. The molecule has 2 aromatic carbocycles. The molecule has 0 aliphatic carbocycles. The molecule has 0 fully saturated rings. The highest BCUT2D eigenvalue weighted by Crippen LogP contribution is 2.29. The number of ether oxygens (including phenoxy) is 2. The summed E-state index contributed by atoms with van der Waals surface area (Å²) in [5.74, 6) is -1.32. The number of benzene rings is 2. The maximum Gasteiger partial charge on any atom is 0.336 e. The molecule has 1 atom stereocenters. The fraction of sp³-hybridized carbons (Fsp3) is 0.240. The van der Waals surface area contributed by atoms with E-state index in [1.54, 1.807) is 19.1 Å². The molecule has 2 N–H and O–H groups in total. The molecule has 0 radical (unpaired) electrons. The number of rotatable bonds is 8. The predicted molar refractivity (Wildman–Crippen MR) is 137 cm³/mol. The van der Waals surface area contributed by atoms with E-state index in [0.29, 0.717) is 11.3 Å². The number of Topliss-reactive ketones (excluding diaryl/α,β-unsaturated/α-hetero) is 1. The third kappa shape index (κ3) is 6.95. The van der Waals surface area contributed by atoms with Crippen LogP contribution in [0.3, 0.4) is 0 Å². The van der Waals surface area contributed by atoms with E-state index >= 15 is 0 Å². The fourth-order valence-corrected chi connectivity index (χ4v) is 3.93. The zero-order chi connectivity index (χ0) is 26.1. The molecule has 1 heterocycles. The molecule has 1 unspecified atom stereocenters. The van der Waals surface area contributed by atoms with Crippen molar-refractivity contribution in [2.24, 2.45) is 4.99 Å². The van der Waals surface area contributed by atoms with Gasteiger partial charge in [-0.25, -0.2) is 4.79 Å². The van der Waals surface area contributed by atoms with Gasteiger partial charge in [0.2, 0.25) is 0 Å². The Kier molecular flexibility index (Phi) is 9.23. The number of esters is 1. The van der Waals surface area contributed by atoms with E-state index in [-0.39, 0.29) is 18.4 Å². The van der Waals surface area contributed by atoms with Crippen molar-refractivity contribution in [3.05, 3.63) is 65.0 Å². The van der Waals surface area contributed by atoms with Gasteiger partial charge in [-0.05, 0) is 37.1 Å². The maximum atomic E-state index is 12.3. The molecule has 11 heteroatoms. The normalized spacial score (nSPS) is 12.0. The smallest absolute Gasteiger partial charge is 0.336 e. The van der Waals surface area contributed by atoms with Gasteiger partial charge in [0.1, 0.15) is 11.3 Å². The number of hydrogen-bond donors (Lipinski definition) is 2. The Morgan fingerprint density at radius 2 is 1.83 bits per heavy atom. The van der Waals surface area contributed by atoms with Crippen molar-refractivity contribution in [2.75, 3.05) is 20.3 Å². The van der Waals surface area contributed by atoms with Crippen molar-refractivity contribution in [3.8, 4) is 16.9 Å². The highest BCUT2D eigenvalue weighted by Gasteiger charge is 2.27. The SMILES string of the molecule is CCOC(=O)C(SC(=NC)NNC(=O)COc1ccc2c(-c3ccccc3)cc(=O)oc2c1)C(C)=O. The van der Waals surface area contributed by atoms with Gasteiger partial charge in [-0.1, -0.05) is 42.1 Å². The number of aliphatic imine (C=N–C) groups is 1. The summed E-state index contributed by atoms with van der Waals surface area (Å²) in [6.45, 7) is 2.67. The molecule has 0 saturated heterocycles. The molecule has 1 aromatic heterocycles. The Labute approximate surface area is 211 Å². The van der Waals surface area contributed by atoms with E-state index in [2.05, 4.69) is 15.8 Å². The van der Waals surface area contributed by atoms with Crippen LogP contribution in [0, 0.1) is 0 Å². The summed E-state index contributed by atoms with van der Waals surface area (Å²) < 4.78 is 15.7. The number of ketones is 1. The van der Waals surface area contributed by atoms with E-state index in [4.69, 9.17) is 13.9 Å². The minimum Gasteiger partial charge on any atom is -0.484 e. The van der Waals surface area contributed by atoms with Crippen LogP contribution in [-0.4, -0.2) is 48.3 Å². The molecule has 3 aromatic rings. The second-order valence-electron chi connectivity index (χ2n) is 7.35. The van der Waals surface area contributed by atoms with Crippen LogP contribution in [0.25, 0.3) is 22.1 Å². The van der Waals surface area contributed by atoms with E-state index in [1.807, 2.05) is 30.3 Å². The average molecular weight is 512 g/mol. The highest BCUT2D eigenvalue weighted by molar-refractivity contribution is 8.15. The molecule has 188 valence electrons. The Bertz CT molecular complexity index is 1340. The van der Waals surface area contributed by atoms with Crippen molar-refractivity contribution in [3.63, 3.8) is 0 Å². The lowest BCUT2D eigenvalue weighted by molar-refractivity contribution is -0.144. The largest absolute Gasteiger partial charge is 0.484 e. The average Bonchev–Trinajstić information content (AvgIpc) is 2.87. The van der Waals surface area contributed by atoms with Crippen molar-refractivity contribution in [1.29, 1.82) is 0 Å². The van der Waals surface area contributed by atoms with E-state index in [0.717, 1.165) is 28.3 Å². The van der Waals surface area contributed by atoms with Gasteiger partial charge in [-0.3, -0.25) is 30.2 Å². The van der Waals surface area contributed by atoms with Gasteiger partial charge in [0.05, 0.1) is 6.61 Å². The predicted octanol–water partition coefficient (Wildman–Crippen LogP) is 2.70. The summed E-state index contributed by atoms with van der Waals surface area (Å²) in [4.78, 5) is 52.0. The Morgan fingerprint density at radius 1 is 1.08 bits per heavy atom. The lowest BCUT2D eigenvalue weighted by atomic mass is 10.0. The van der Waals surface area contributed by atoms with Crippen LogP contribution in [0.1, 0.15) is 13.8 Å². The first-order valence-corrected chi connectivity index (χ1v) is 11.8. The standard InChI is InChI=1S/C25H25N3O7S/c1-4-33-24(32)23(15(2)29)36-25(26-3)28-27-21(30)14-34-17-10-11-18-19(16-8-6-5-7-9-16)13-22(31)35-20(18)12-17/h5-13,23H,4,14H2,1-3H3,(H,26,28)(H,27,30). The number of carbonyl (C=O) groups excluding carboxylic acids is 3. The minimum atomic E-state index is -1.11. The van der Waals surface area contributed by atoms with Crippen molar-refractivity contribution < 1.29 is 28.3 Å². The first kappa shape index (κ1) is 26.5. The third-order valence-electron chi connectivity index (χ3n) is 4.78. The molecule has 36 heavy (non-hydrogen) atoms. The Hall–Kier alpha value is -4.12. The van der Waals surface area contributed by atoms with Gasteiger partial charge in [0, 0.05) is 24.6 Å². The van der Waals surface area contributed by atoms with Gasteiger partial charge in [0.25, 0.3) is 5.91 Å². The zero-order valence-electron chi connectivity index (χ0n) is 19.9. The van der Waals surface area contributed by atoms with Crippen LogP contribution in [0.5, 0.6) is 5.75 Å². The molecular formula is C25H25N3O7S. The second-order valence-corrected chi connectivity index (χ2v) is 8.45. The minimum absolute atomic E-state index is 0.134. The number of thioether (sulfide) groups is 1. The van der Waals surface area contributed by atoms with E-state index < -0.39 is 28.5 Å². The monoisotopic (exact) mass is 511 g/mol. The third-order valence-corrected chi connectivity index (χ3v) is 6.05. The molecule has 0 spiro atoms. The first-order chi connectivity index (χ1) is 17.3. The molecule has 10 nitrogen and oxygen atoms in total. The summed E-state index contributed by atoms with van der Waals surface area (Å²) in [6.07, 6.45) is 0. The fourth-order valence-electron chi connectivity index (χ4n) is 3.16. The van der Waals surface area contributed by atoms with Crippen LogP contribution in [0.4, 0.5) is 0 Å². The van der Waals surface area contributed by atoms with Crippen LogP contribution < -0.4 is 21.2 Å². The summed E-state index contributed by atoms with van der Waals surface area (Å²) in [6, 6.07) is 15.8. The van der Waals surface area contributed by atoms with Crippen LogP contribution >= 0.6 is 11.8 Å². The number of hydrogen-bond acceptors (Lipinski definition) is 9. The van der Waals surface area contributed by atoms with Crippen molar-refractivity contribution in [2.45, 2.75) is 19.1 Å². The zero-order valence-corrected chi connectivity index (χ0v) is 20.7. The number of fused-ring (bicyclic) bond motifs is 1. The van der Waals surface area contributed by atoms with Gasteiger partial charge in [-0.2, -0.15) is 0 Å².